The molecule has 8 nitrogen and oxygen atoms in total. The third kappa shape index (κ3) is 4.10. The van der Waals surface area contributed by atoms with E-state index in [-0.39, 0.29) is 11.3 Å². The van der Waals surface area contributed by atoms with Crippen molar-refractivity contribution in [3.8, 4) is 5.75 Å². The number of rotatable bonds is 5. The molecule has 1 aliphatic carbocycles. The van der Waals surface area contributed by atoms with E-state index < -0.39 is 17.9 Å². The molecule has 2 amide bonds. The van der Waals surface area contributed by atoms with Crippen LogP contribution in [0, 0.1) is 18.3 Å². The molecule has 36 heavy (non-hydrogen) atoms. The van der Waals surface area contributed by atoms with Gasteiger partial charge in [0.05, 0.1) is 17.5 Å². The molecule has 1 saturated carbocycles. The molecule has 3 aliphatic rings. The third-order valence-electron chi connectivity index (χ3n) is 7.96. The van der Waals surface area contributed by atoms with E-state index >= 15 is 0 Å². The van der Waals surface area contributed by atoms with Gasteiger partial charge in [0.2, 0.25) is 11.8 Å². The lowest BCUT2D eigenvalue weighted by atomic mass is 9.81. The van der Waals surface area contributed by atoms with E-state index in [0.29, 0.717) is 19.6 Å². The lowest BCUT2D eigenvalue weighted by Crippen LogP contribution is -2.58. The van der Waals surface area contributed by atoms with Crippen LogP contribution in [-0.2, 0) is 22.6 Å². The van der Waals surface area contributed by atoms with Crippen molar-refractivity contribution in [3.05, 3.63) is 65.4 Å². The highest BCUT2D eigenvalue weighted by Crippen LogP contribution is 2.52. The fourth-order valence-electron chi connectivity index (χ4n) is 5.81. The van der Waals surface area contributed by atoms with Crippen LogP contribution in [0.15, 0.2) is 48.5 Å². The maximum Gasteiger partial charge on any atom is 0.248 e. The molecular weight excluding hydrogens is 456 g/mol. The van der Waals surface area contributed by atoms with E-state index in [1.165, 1.54) is 0 Å². The van der Waals surface area contributed by atoms with Crippen molar-refractivity contribution in [1.29, 1.82) is 0 Å². The fourth-order valence-corrected chi connectivity index (χ4v) is 5.81. The predicted molar refractivity (Wildman–Crippen MR) is 135 cm³/mol. The van der Waals surface area contributed by atoms with Crippen molar-refractivity contribution in [2.75, 3.05) is 18.0 Å². The molecule has 0 bridgehead atoms. The standard InChI is InChI=1S/C28H30N4O4/c1-17-12-19(21-4-2-3-5-23(21)30-17)15-36-20-6-7-24-18(13-20)8-11-32(24)27(34)25-22(26(33)31-35)14-28(9-10-28)16-29-25/h2-7,12-13,22,25,29,35H,8-11,14-16H2,1H3,(H,31,33)/t22-,25-/m0/s1. The summed E-state index contributed by atoms with van der Waals surface area (Å²) < 4.78 is 6.16. The van der Waals surface area contributed by atoms with Crippen LogP contribution in [0.4, 0.5) is 5.69 Å². The zero-order valence-electron chi connectivity index (χ0n) is 20.3. The number of nitrogens with zero attached hydrogens (tertiary/aromatic N) is 2. The molecule has 3 heterocycles. The molecule has 1 saturated heterocycles. The van der Waals surface area contributed by atoms with Crippen LogP contribution >= 0.6 is 0 Å². The zero-order valence-corrected chi connectivity index (χ0v) is 20.3. The lowest BCUT2D eigenvalue weighted by Gasteiger charge is -2.37. The van der Waals surface area contributed by atoms with Gasteiger partial charge >= 0.3 is 0 Å². The molecular formula is C28H30N4O4. The van der Waals surface area contributed by atoms with Crippen LogP contribution in [0.3, 0.4) is 0 Å². The Morgan fingerprint density at radius 2 is 2.06 bits per heavy atom. The number of carbonyl (C=O) groups is 2. The average Bonchev–Trinajstić information content (AvgIpc) is 3.51. The van der Waals surface area contributed by atoms with E-state index in [1.54, 1.807) is 10.4 Å². The number of nitrogens with one attached hydrogen (secondary N) is 2. The summed E-state index contributed by atoms with van der Waals surface area (Å²) in [7, 11) is 0. The number of amides is 2. The topological polar surface area (TPSA) is 104 Å². The number of aromatic nitrogens is 1. The van der Waals surface area contributed by atoms with Crippen LogP contribution in [-0.4, -0.2) is 41.1 Å². The number of hydrogen-bond donors (Lipinski definition) is 3. The highest BCUT2D eigenvalue weighted by atomic mass is 16.5. The third-order valence-corrected chi connectivity index (χ3v) is 7.96. The van der Waals surface area contributed by atoms with Crippen molar-refractivity contribution >= 4 is 28.4 Å². The molecule has 3 aromatic rings. The van der Waals surface area contributed by atoms with Crippen molar-refractivity contribution in [2.24, 2.45) is 11.3 Å². The van der Waals surface area contributed by atoms with Gasteiger partial charge in [-0.2, -0.15) is 0 Å². The molecule has 2 aromatic carbocycles. The number of carbonyl (C=O) groups excluding carboxylic acids is 2. The number of para-hydroxylation sites is 1. The zero-order chi connectivity index (χ0) is 24.9. The first-order valence-corrected chi connectivity index (χ1v) is 12.6. The van der Waals surface area contributed by atoms with E-state index in [4.69, 9.17) is 4.74 Å². The van der Waals surface area contributed by atoms with Crippen LogP contribution in [0.5, 0.6) is 5.75 Å². The van der Waals surface area contributed by atoms with Crippen molar-refractivity contribution in [1.82, 2.24) is 15.8 Å². The lowest BCUT2D eigenvalue weighted by molar-refractivity contribution is -0.139. The number of benzene rings is 2. The van der Waals surface area contributed by atoms with Gasteiger partial charge in [-0.25, -0.2) is 5.48 Å². The van der Waals surface area contributed by atoms with Gasteiger partial charge in [0, 0.05) is 35.4 Å². The molecule has 0 radical (unpaired) electrons. The molecule has 3 N–H and O–H groups in total. The molecule has 0 unspecified atom stereocenters. The number of anilines is 1. The number of aryl methyl sites for hydroxylation is 1. The number of pyridine rings is 1. The van der Waals surface area contributed by atoms with E-state index in [0.717, 1.165) is 65.0 Å². The van der Waals surface area contributed by atoms with Gasteiger partial charge in [0.15, 0.2) is 0 Å². The number of hydroxylamine groups is 1. The highest BCUT2D eigenvalue weighted by molar-refractivity contribution is 6.02. The van der Waals surface area contributed by atoms with Gasteiger partial charge in [-0.3, -0.25) is 19.8 Å². The number of fused-ring (bicyclic) bond motifs is 2. The van der Waals surface area contributed by atoms with Crippen molar-refractivity contribution in [2.45, 2.75) is 45.3 Å². The molecule has 8 heteroatoms. The summed E-state index contributed by atoms with van der Waals surface area (Å²) in [6.45, 7) is 3.70. The minimum absolute atomic E-state index is 0.0990. The summed E-state index contributed by atoms with van der Waals surface area (Å²) in [6, 6.07) is 15.3. The first-order valence-electron chi connectivity index (χ1n) is 12.6. The Morgan fingerprint density at radius 1 is 1.22 bits per heavy atom. The molecule has 6 rings (SSSR count). The average molecular weight is 487 g/mol. The SMILES string of the molecule is Cc1cc(COc2ccc3c(c2)CCN3C(=O)[C@H]2NCC3(CC3)C[C@@H]2C(=O)NO)c2ccccc2n1. The summed E-state index contributed by atoms with van der Waals surface area (Å²) in [6.07, 6.45) is 3.46. The van der Waals surface area contributed by atoms with Crippen LogP contribution in [0.1, 0.15) is 36.1 Å². The molecule has 186 valence electrons. The fraction of sp³-hybridized carbons (Fsp3) is 0.393. The monoisotopic (exact) mass is 486 g/mol. The predicted octanol–water partition coefficient (Wildman–Crippen LogP) is 3.28. The minimum atomic E-state index is -0.645. The summed E-state index contributed by atoms with van der Waals surface area (Å²) in [5, 5.41) is 13.7. The second-order valence-electron chi connectivity index (χ2n) is 10.4. The molecule has 1 aromatic heterocycles. The molecule has 2 atom stereocenters. The van der Waals surface area contributed by atoms with Gasteiger partial charge in [0.1, 0.15) is 12.4 Å². The molecule has 1 spiro atoms. The highest BCUT2D eigenvalue weighted by Gasteiger charge is 2.53. The Balaban J connectivity index is 1.18. The second kappa shape index (κ2) is 8.87. The Morgan fingerprint density at radius 3 is 2.86 bits per heavy atom. The first kappa shape index (κ1) is 22.9. The smallest absolute Gasteiger partial charge is 0.248 e. The maximum absolute atomic E-state index is 13.5. The van der Waals surface area contributed by atoms with E-state index in [1.807, 2.05) is 43.3 Å². The normalized spacial score (nSPS) is 21.9. The number of hydrogen-bond acceptors (Lipinski definition) is 6. The van der Waals surface area contributed by atoms with Crippen LogP contribution in [0.25, 0.3) is 10.9 Å². The van der Waals surface area contributed by atoms with Gasteiger partial charge < -0.3 is 15.0 Å². The Bertz CT molecular complexity index is 1350. The van der Waals surface area contributed by atoms with Gasteiger partial charge in [-0.05, 0) is 73.9 Å². The van der Waals surface area contributed by atoms with E-state index in [9.17, 15) is 14.8 Å². The Hall–Kier alpha value is -3.49. The summed E-state index contributed by atoms with van der Waals surface area (Å²) in [5.74, 6) is -0.436. The Labute approximate surface area is 209 Å². The largest absolute Gasteiger partial charge is 0.489 e. The minimum Gasteiger partial charge on any atom is -0.489 e. The van der Waals surface area contributed by atoms with Crippen LogP contribution in [0.2, 0.25) is 0 Å². The molecule has 2 fully saturated rings. The first-order chi connectivity index (χ1) is 17.5. The number of ether oxygens (including phenoxy) is 1. The van der Waals surface area contributed by atoms with Crippen molar-refractivity contribution in [3.63, 3.8) is 0 Å². The molecule has 2 aliphatic heterocycles. The van der Waals surface area contributed by atoms with Crippen molar-refractivity contribution < 1.29 is 19.5 Å². The van der Waals surface area contributed by atoms with Gasteiger partial charge in [0.25, 0.3) is 0 Å². The van der Waals surface area contributed by atoms with Gasteiger partial charge in [-0.15, -0.1) is 0 Å². The summed E-state index contributed by atoms with van der Waals surface area (Å²) in [5.41, 5.74) is 6.77. The van der Waals surface area contributed by atoms with E-state index in [2.05, 4.69) is 22.4 Å². The van der Waals surface area contributed by atoms with Crippen LogP contribution < -0.4 is 20.4 Å². The summed E-state index contributed by atoms with van der Waals surface area (Å²) in [4.78, 5) is 32.3. The summed E-state index contributed by atoms with van der Waals surface area (Å²) >= 11 is 0. The number of piperidine rings is 1. The quantitative estimate of drug-likeness (QED) is 0.378. The second-order valence-corrected chi connectivity index (χ2v) is 10.4. The van der Waals surface area contributed by atoms with Gasteiger partial charge in [-0.1, -0.05) is 18.2 Å². The Kier molecular flexibility index (Phi) is 5.65. The maximum atomic E-state index is 13.5.